The quantitative estimate of drug-likeness (QED) is 0.435. The highest BCUT2D eigenvalue weighted by atomic mass is 32.1. The van der Waals surface area contributed by atoms with E-state index >= 15 is 0 Å². The number of esters is 1. The van der Waals surface area contributed by atoms with Gasteiger partial charge in [-0.2, -0.15) is 13.5 Å². The Hall–Kier alpha value is -1.50. The first-order valence-corrected chi connectivity index (χ1v) is 6.46. The highest BCUT2D eigenvalue weighted by Crippen LogP contribution is 2.05. The first-order chi connectivity index (χ1) is 9.18. The standard InChI is InChI=1S/C14H23NO5.H2S/c1-8(2)13(10(5)16)15-12(17)7-11(19-6)14(18)20-9(3)4;/h7-9,13H,1-6H3,(H,15,17);1H2/b11-7-;. The zero-order chi connectivity index (χ0) is 15.9. The second-order valence-electron chi connectivity index (χ2n) is 5.01. The fourth-order valence-corrected chi connectivity index (χ4v) is 1.53. The van der Waals surface area contributed by atoms with Gasteiger partial charge in [0.05, 0.1) is 25.3 Å². The first-order valence-electron chi connectivity index (χ1n) is 6.46. The van der Waals surface area contributed by atoms with E-state index in [1.807, 2.05) is 13.8 Å². The Morgan fingerprint density at radius 3 is 1.95 bits per heavy atom. The van der Waals surface area contributed by atoms with E-state index in [0.717, 1.165) is 6.08 Å². The van der Waals surface area contributed by atoms with Gasteiger partial charge in [0.1, 0.15) is 0 Å². The van der Waals surface area contributed by atoms with Gasteiger partial charge in [0.15, 0.2) is 5.78 Å². The second kappa shape index (κ2) is 10.3. The number of Topliss-reactive ketones (excluding diaryl/α,β-unsaturated/α-hetero) is 1. The van der Waals surface area contributed by atoms with Crippen LogP contribution in [0.3, 0.4) is 0 Å². The van der Waals surface area contributed by atoms with Gasteiger partial charge in [0.25, 0.3) is 0 Å². The van der Waals surface area contributed by atoms with Crippen LogP contribution >= 0.6 is 13.5 Å². The molecule has 0 aromatic heterocycles. The molecule has 0 saturated carbocycles. The van der Waals surface area contributed by atoms with E-state index in [2.05, 4.69) is 5.32 Å². The van der Waals surface area contributed by atoms with Crippen LogP contribution in [0, 0.1) is 5.92 Å². The lowest BCUT2D eigenvalue weighted by Gasteiger charge is -2.18. The van der Waals surface area contributed by atoms with E-state index < -0.39 is 17.9 Å². The van der Waals surface area contributed by atoms with Gasteiger partial charge in [0, 0.05) is 0 Å². The van der Waals surface area contributed by atoms with E-state index in [1.54, 1.807) is 13.8 Å². The molecule has 122 valence electrons. The molecular formula is C14H25NO5S. The van der Waals surface area contributed by atoms with Crippen LogP contribution in [0.2, 0.25) is 0 Å². The summed E-state index contributed by atoms with van der Waals surface area (Å²) in [6, 6.07) is -0.599. The highest BCUT2D eigenvalue weighted by Gasteiger charge is 2.21. The highest BCUT2D eigenvalue weighted by molar-refractivity contribution is 7.59. The normalized spacial score (nSPS) is 12.5. The zero-order valence-electron chi connectivity index (χ0n) is 13.4. The number of amides is 1. The maximum Gasteiger partial charge on any atom is 0.374 e. The topological polar surface area (TPSA) is 81.7 Å². The van der Waals surface area contributed by atoms with E-state index in [9.17, 15) is 14.4 Å². The minimum Gasteiger partial charge on any atom is -0.490 e. The van der Waals surface area contributed by atoms with Crippen molar-refractivity contribution in [3.05, 3.63) is 11.8 Å². The van der Waals surface area contributed by atoms with E-state index in [1.165, 1.54) is 14.0 Å². The van der Waals surface area contributed by atoms with Crippen LogP contribution in [0.4, 0.5) is 0 Å². The Morgan fingerprint density at radius 1 is 1.10 bits per heavy atom. The summed E-state index contributed by atoms with van der Waals surface area (Å²) >= 11 is 0. The van der Waals surface area contributed by atoms with Crippen molar-refractivity contribution < 1.29 is 23.9 Å². The fourth-order valence-electron chi connectivity index (χ4n) is 1.53. The molecule has 7 heteroatoms. The molecule has 0 radical (unpaired) electrons. The third-order valence-corrected chi connectivity index (χ3v) is 2.43. The Bertz CT molecular complexity index is 404. The molecule has 0 rings (SSSR count). The van der Waals surface area contributed by atoms with Crippen LogP contribution in [0.25, 0.3) is 0 Å². The molecule has 0 aliphatic rings. The molecule has 0 aromatic rings. The number of carbonyl (C=O) groups is 3. The van der Waals surface area contributed by atoms with Gasteiger partial charge in [0.2, 0.25) is 11.7 Å². The molecule has 0 aliphatic heterocycles. The molecule has 0 bridgehead atoms. The molecular weight excluding hydrogens is 294 g/mol. The van der Waals surface area contributed by atoms with Crippen molar-refractivity contribution in [2.75, 3.05) is 7.11 Å². The minimum atomic E-state index is -0.721. The predicted octanol–water partition coefficient (Wildman–Crippen LogP) is 1.31. The maximum atomic E-state index is 11.8. The summed E-state index contributed by atoms with van der Waals surface area (Å²) in [6.45, 7) is 8.42. The lowest BCUT2D eigenvalue weighted by molar-refractivity contribution is -0.146. The largest absolute Gasteiger partial charge is 0.490 e. The predicted molar refractivity (Wildman–Crippen MR) is 84.2 cm³/mol. The molecule has 0 aromatic carbocycles. The summed E-state index contributed by atoms with van der Waals surface area (Å²) in [5.74, 6) is -1.69. The number of hydrogen-bond acceptors (Lipinski definition) is 5. The summed E-state index contributed by atoms with van der Waals surface area (Å²) in [7, 11) is 1.27. The number of ether oxygens (including phenoxy) is 2. The molecule has 1 amide bonds. The van der Waals surface area contributed by atoms with Crippen molar-refractivity contribution in [2.45, 2.75) is 46.8 Å². The SMILES string of the molecule is CO/C(=C\C(=O)NC(C(C)=O)C(C)C)C(=O)OC(C)C.S. The summed E-state index contributed by atoms with van der Waals surface area (Å²) in [4.78, 5) is 34.8. The van der Waals surface area contributed by atoms with Crippen LogP contribution in [-0.4, -0.2) is 36.9 Å². The summed E-state index contributed by atoms with van der Waals surface area (Å²) in [5, 5.41) is 2.54. The summed E-state index contributed by atoms with van der Waals surface area (Å²) in [5.41, 5.74) is 0. The number of nitrogens with one attached hydrogen (secondary N) is 1. The molecule has 6 nitrogen and oxygen atoms in total. The third-order valence-electron chi connectivity index (χ3n) is 2.43. The molecule has 0 aliphatic carbocycles. The number of methoxy groups -OCH3 is 1. The smallest absolute Gasteiger partial charge is 0.374 e. The Labute approximate surface area is 132 Å². The van der Waals surface area contributed by atoms with Gasteiger partial charge in [-0.3, -0.25) is 9.59 Å². The average molecular weight is 319 g/mol. The van der Waals surface area contributed by atoms with E-state index in [0.29, 0.717) is 0 Å². The second-order valence-corrected chi connectivity index (χ2v) is 5.01. The molecule has 1 N–H and O–H groups in total. The average Bonchev–Trinajstić information content (AvgIpc) is 2.31. The van der Waals surface area contributed by atoms with Gasteiger partial charge in [-0.1, -0.05) is 13.8 Å². The Morgan fingerprint density at radius 2 is 1.62 bits per heavy atom. The van der Waals surface area contributed by atoms with E-state index in [4.69, 9.17) is 9.47 Å². The first kappa shape index (κ1) is 21.8. The van der Waals surface area contributed by atoms with Crippen LogP contribution in [0.5, 0.6) is 0 Å². The number of hydrogen-bond donors (Lipinski definition) is 1. The number of carbonyl (C=O) groups excluding carboxylic acids is 3. The van der Waals surface area contributed by atoms with Crippen LogP contribution in [-0.2, 0) is 23.9 Å². The molecule has 1 atom stereocenters. The fraction of sp³-hybridized carbons (Fsp3) is 0.643. The van der Waals surface area contributed by atoms with Crippen LogP contribution < -0.4 is 5.32 Å². The monoisotopic (exact) mass is 319 g/mol. The van der Waals surface area contributed by atoms with Crippen molar-refractivity contribution >= 4 is 31.2 Å². The van der Waals surface area contributed by atoms with Crippen molar-refractivity contribution in [3.8, 4) is 0 Å². The molecule has 1 unspecified atom stereocenters. The van der Waals surface area contributed by atoms with Gasteiger partial charge in [-0.25, -0.2) is 4.79 Å². The lowest BCUT2D eigenvalue weighted by atomic mass is 10.0. The van der Waals surface area contributed by atoms with Crippen molar-refractivity contribution in [3.63, 3.8) is 0 Å². The summed E-state index contributed by atoms with van der Waals surface area (Å²) < 4.78 is 9.75. The maximum absolute atomic E-state index is 11.8. The van der Waals surface area contributed by atoms with Crippen molar-refractivity contribution in [2.24, 2.45) is 5.92 Å². The molecule has 0 spiro atoms. The van der Waals surface area contributed by atoms with Gasteiger partial charge in [-0.05, 0) is 26.7 Å². The Kier molecular flexibility index (Phi) is 10.6. The van der Waals surface area contributed by atoms with Crippen LogP contribution in [0.15, 0.2) is 11.8 Å². The van der Waals surface area contributed by atoms with Gasteiger partial charge >= 0.3 is 5.97 Å². The van der Waals surface area contributed by atoms with Crippen molar-refractivity contribution in [1.82, 2.24) is 5.32 Å². The number of ketones is 1. The molecule has 0 saturated heterocycles. The zero-order valence-corrected chi connectivity index (χ0v) is 14.4. The van der Waals surface area contributed by atoms with E-state index in [-0.39, 0.29) is 37.1 Å². The lowest BCUT2D eigenvalue weighted by Crippen LogP contribution is -2.42. The molecule has 0 heterocycles. The third kappa shape index (κ3) is 8.39. The summed E-state index contributed by atoms with van der Waals surface area (Å²) in [6.07, 6.45) is 0.674. The minimum absolute atomic E-state index is 0. The van der Waals surface area contributed by atoms with Gasteiger partial charge < -0.3 is 14.8 Å². The number of rotatable bonds is 7. The van der Waals surface area contributed by atoms with Crippen LogP contribution in [0.1, 0.15) is 34.6 Å². The molecule has 21 heavy (non-hydrogen) atoms. The Balaban J connectivity index is 0. The van der Waals surface area contributed by atoms with Gasteiger partial charge in [-0.15, -0.1) is 0 Å². The van der Waals surface area contributed by atoms with Crippen molar-refractivity contribution in [1.29, 1.82) is 0 Å². The molecule has 0 fully saturated rings.